The lowest BCUT2D eigenvalue weighted by atomic mass is 9.83. The van der Waals surface area contributed by atoms with Crippen molar-refractivity contribution >= 4 is 5.91 Å². The molecule has 1 aliphatic carbocycles. The number of benzene rings is 1. The van der Waals surface area contributed by atoms with Gasteiger partial charge in [-0.25, -0.2) is 8.78 Å². The van der Waals surface area contributed by atoms with Gasteiger partial charge in [0, 0.05) is 5.54 Å². The minimum absolute atomic E-state index is 0.221. The Morgan fingerprint density at radius 2 is 1.89 bits per heavy atom. The fourth-order valence-electron chi connectivity index (χ4n) is 2.48. The van der Waals surface area contributed by atoms with Crippen molar-refractivity contribution in [3.8, 4) is 0 Å². The Bertz CT molecular complexity index is 453. The van der Waals surface area contributed by atoms with Gasteiger partial charge in [-0.1, -0.05) is 25.3 Å². The minimum atomic E-state index is -1.07. The summed E-state index contributed by atoms with van der Waals surface area (Å²) in [7, 11) is 0. The molecule has 0 atom stereocenters. The molecule has 0 aromatic heterocycles. The third-order valence-electron chi connectivity index (χ3n) is 3.57. The first-order chi connectivity index (χ1) is 8.52. The molecule has 1 aromatic rings. The molecule has 0 bridgehead atoms. The molecule has 4 heteroatoms. The van der Waals surface area contributed by atoms with Crippen LogP contribution in [0.15, 0.2) is 18.2 Å². The van der Waals surface area contributed by atoms with Crippen molar-refractivity contribution in [1.29, 1.82) is 0 Å². The summed E-state index contributed by atoms with van der Waals surface area (Å²) in [5.41, 5.74) is -0.518. The highest BCUT2D eigenvalue weighted by Crippen LogP contribution is 2.28. The molecule has 2 nitrogen and oxygen atoms in total. The quantitative estimate of drug-likeness (QED) is 0.859. The molecular weight excluding hydrogens is 236 g/mol. The molecule has 0 radical (unpaired) electrons. The summed E-state index contributed by atoms with van der Waals surface area (Å²) in [6, 6.07) is 3.66. The fraction of sp³-hybridized carbons (Fsp3) is 0.500. The first kappa shape index (κ1) is 13.0. The van der Waals surface area contributed by atoms with Gasteiger partial charge in [0.1, 0.15) is 0 Å². The van der Waals surface area contributed by atoms with Crippen molar-refractivity contribution < 1.29 is 13.6 Å². The lowest BCUT2D eigenvalue weighted by Crippen LogP contribution is -2.47. The monoisotopic (exact) mass is 253 g/mol. The summed E-state index contributed by atoms with van der Waals surface area (Å²) in [4.78, 5) is 12.0. The number of rotatable bonds is 2. The second kappa shape index (κ2) is 5.04. The standard InChI is InChI=1S/C14H17F2NO/c1-14(8-3-2-4-9-14)17-13(18)10-6-5-7-11(15)12(10)16/h5-7H,2-4,8-9H2,1H3,(H,17,18). The van der Waals surface area contributed by atoms with Gasteiger partial charge in [0.25, 0.3) is 5.91 Å². The number of hydrogen-bond acceptors (Lipinski definition) is 1. The van der Waals surface area contributed by atoms with E-state index in [1.807, 2.05) is 6.92 Å². The second-order valence-electron chi connectivity index (χ2n) is 5.18. The number of carbonyl (C=O) groups is 1. The number of amides is 1. The van der Waals surface area contributed by atoms with Crippen LogP contribution in [0.1, 0.15) is 49.4 Å². The molecular formula is C14H17F2NO. The van der Waals surface area contributed by atoms with Gasteiger partial charge in [-0.15, -0.1) is 0 Å². The van der Waals surface area contributed by atoms with Crippen molar-refractivity contribution in [1.82, 2.24) is 5.32 Å². The highest BCUT2D eigenvalue weighted by atomic mass is 19.2. The van der Waals surface area contributed by atoms with E-state index in [1.54, 1.807) is 0 Å². The Morgan fingerprint density at radius 1 is 1.22 bits per heavy atom. The minimum Gasteiger partial charge on any atom is -0.347 e. The molecule has 1 aliphatic rings. The summed E-state index contributed by atoms with van der Waals surface area (Å²) in [6.07, 6.45) is 5.05. The van der Waals surface area contributed by atoms with Crippen LogP contribution in [0.5, 0.6) is 0 Å². The Kier molecular flexibility index (Phi) is 3.64. The van der Waals surface area contributed by atoms with Crippen LogP contribution in [-0.2, 0) is 0 Å². The molecule has 0 saturated heterocycles. The van der Waals surface area contributed by atoms with Crippen LogP contribution in [0.4, 0.5) is 8.78 Å². The van der Waals surface area contributed by atoms with Gasteiger partial charge in [-0.3, -0.25) is 4.79 Å². The van der Waals surface area contributed by atoms with E-state index in [4.69, 9.17) is 0 Å². The number of carbonyl (C=O) groups excluding carboxylic acids is 1. The van der Waals surface area contributed by atoms with Crippen LogP contribution in [0.3, 0.4) is 0 Å². The summed E-state index contributed by atoms with van der Waals surface area (Å²) < 4.78 is 26.6. The SMILES string of the molecule is CC1(NC(=O)c2cccc(F)c2F)CCCCC1. The Morgan fingerprint density at radius 3 is 2.56 bits per heavy atom. The molecule has 18 heavy (non-hydrogen) atoms. The molecule has 0 unspecified atom stereocenters. The summed E-state index contributed by atoms with van der Waals surface area (Å²) in [6.45, 7) is 1.96. The van der Waals surface area contributed by atoms with Crippen LogP contribution in [-0.4, -0.2) is 11.4 Å². The maximum Gasteiger partial charge on any atom is 0.254 e. The van der Waals surface area contributed by atoms with E-state index in [0.29, 0.717) is 0 Å². The highest BCUT2D eigenvalue weighted by molar-refractivity contribution is 5.94. The summed E-state index contributed by atoms with van der Waals surface area (Å²) in [5.74, 6) is -2.60. The number of hydrogen-bond donors (Lipinski definition) is 1. The molecule has 2 rings (SSSR count). The third kappa shape index (κ3) is 2.68. The maximum absolute atomic E-state index is 13.5. The molecule has 1 aromatic carbocycles. The van der Waals surface area contributed by atoms with Crippen molar-refractivity contribution in [2.24, 2.45) is 0 Å². The van der Waals surface area contributed by atoms with Crippen LogP contribution in [0.25, 0.3) is 0 Å². The van der Waals surface area contributed by atoms with E-state index in [0.717, 1.165) is 31.7 Å². The lowest BCUT2D eigenvalue weighted by molar-refractivity contribution is 0.0877. The molecule has 98 valence electrons. The van der Waals surface area contributed by atoms with Gasteiger partial charge in [0.15, 0.2) is 11.6 Å². The van der Waals surface area contributed by atoms with Crippen molar-refractivity contribution in [2.45, 2.75) is 44.6 Å². The molecule has 1 amide bonds. The molecule has 1 N–H and O–H groups in total. The van der Waals surface area contributed by atoms with Gasteiger partial charge in [0.2, 0.25) is 0 Å². The largest absolute Gasteiger partial charge is 0.347 e. The Balaban J connectivity index is 2.14. The average Bonchev–Trinajstić information content (AvgIpc) is 2.33. The first-order valence-corrected chi connectivity index (χ1v) is 6.28. The van der Waals surface area contributed by atoms with Gasteiger partial charge >= 0.3 is 0 Å². The van der Waals surface area contributed by atoms with E-state index in [9.17, 15) is 13.6 Å². The van der Waals surface area contributed by atoms with Gasteiger partial charge in [0.05, 0.1) is 5.56 Å². The van der Waals surface area contributed by atoms with Crippen LogP contribution < -0.4 is 5.32 Å². The van der Waals surface area contributed by atoms with Crippen molar-refractivity contribution in [2.75, 3.05) is 0 Å². The predicted molar refractivity (Wildman–Crippen MR) is 65.3 cm³/mol. The smallest absolute Gasteiger partial charge is 0.254 e. The zero-order valence-corrected chi connectivity index (χ0v) is 10.4. The normalized spacial score (nSPS) is 18.4. The van der Waals surface area contributed by atoms with E-state index < -0.39 is 17.5 Å². The van der Waals surface area contributed by atoms with Crippen molar-refractivity contribution in [3.63, 3.8) is 0 Å². The molecule has 0 spiro atoms. The van der Waals surface area contributed by atoms with Crippen LogP contribution in [0, 0.1) is 11.6 Å². The Labute approximate surface area is 105 Å². The van der Waals surface area contributed by atoms with Crippen LogP contribution >= 0.6 is 0 Å². The second-order valence-corrected chi connectivity index (χ2v) is 5.18. The average molecular weight is 253 g/mol. The molecule has 0 heterocycles. The summed E-state index contributed by atoms with van der Waals surface area (Å²) >= 11 is 0. The molecule has 1 fully saturated rings. The zero-order valence-electron chi connectivity index (χ0n) is 10.4. The van der Waals surface area contributed by atoms with E-state index >= 15 is 0 Å². The zero-order chi connectivity index (χ0) is 13.2. The number of nitrogens with one attached hydrogen (secondary N) is 1. The van der Waals surface area contributed by atoms with E-state index in [2.05, 4.69) is 5.32 Å². The van der Waals surface area contributed by atoms with Gasteiger partial charge in [-0.2, -0.15) is 0 Å². The molecule has 1 saturated carbocycles. The van der Waals surface area contributed by atoms with Crippen LogP contribution in [0.2, 0.25) is 0 Å². The topological polar surface area (TPSA) is 29.1 Å². The summed E-state index contributed by atoms with van der Waals surface area (Å²) in [5, 5.41) is 2.83. The lowest BCUT2D eigenvalue weighted by Gasteiger charge is -2.34. The number of halogens is 2. The fourth-order valence-corrected chi connectivity index (χ4v) is 2.48. The first-order valence-electron chi connectivity index (χ1n) is 6.28. The Hall–Kier alpha value is -1.45. The molecule has 0 aliphatic heterocycles. The predicted octanol–water partition coefficient (Wildman–Crippen LogP) is 3.42. The van der Waals surface area contributed by atoms with E-state index in [-0.39, 0.29) is 11.1 Å². The highest BCUT2D eigenvalue weighted by Gasteiger charge is 2.29. The maximum atomic E-state index is 13.5. The van der Waals surface area contributed by atoms with Crippen molar-refractivity contribution in [3.05, 3.63) is 35.4 Å². The third-order valence-corrected chi connectivity index (χ3v) is 3.57. The van der Waals surface area contributed by atoms with Gasteiger partial charge < -0.3 is 5.32 Å². The van der Waals surface area contributed by atoms with E-state index in [1.165, 1.54) is 18.6 Å². The van der Waals surface area contributed by atoms with Gasteiger partial charge in [-0.05, 0) is 31.9 Å².